The maximum Gasteiger partial charge on any atom is 0.255 e. The first-order chi connectivity index (χ1) is 10.2. The van der Waals surface area contributed by atoms with Crippen molar-refractivity contribution in [2.45, 2.75) is 59.4 Å². The van der Waals surface area contributed by atoms with Crippen LogP contribution >= 0.6 is 0 Å². The molecule has 1 aromatic heterocycles. The summed E-state index contributed by atoms with van der Waals surface area (Å²) in [6.07, 6.45) is 4.01. The molecule has 4 nitrogen and oxygen atoms in total. The third-order valence-corrected chi connectivity index (χ3v) is 5.26. The van der Waals surface area contributed by atoms with E-state index in [0.717, 1.165) is 25.1 Å². The molecule has 4 heteroatoms. The topological polar surface area (TPSA) is 53.2 Å². The number of hydrogen-bond acceptors (Lipinski definition) is 2. The van der Waals surface area contributed by atoms with Crippen molar-refractivity contribution in [2.24, 2.45) is 10.8 Å². The van der Waals surface area contributed by atoms with Gasteiger partial charge in [-0.2, -0.15) is 0 Å². The summed E-state index contributed by atoms with van der Waals surface area (Å²) in [7, 11) is 0. The van der Waals surface area contributed by atoms with Crippen molar-refractivity contribution in [3.63, 3.8) is 0 Å². The molecule has 1 saturated heterocycles. The molecule has 2 bridgehead atoms. The van der Waals surface area contributed by atoms with Gasteiger partial charge in [0.25, 0.3) is 5.91 Å². The molecule has 1 aliphatic heterocycles. The predicted molar refractivity (Wildman–Crippen MR) is 87.0 cm³/mol. The molecule has 2 fully saturated rings. The second-order valence-electron chi connectivity index (χ2n) is 8.22. The number of fused-ring (bicyclic) bond motifs is 2. The fourth-order valence-electron chi connectivity index (χ4n) is 4.85. The highest BCUT2D eigenvalue weighted by Crippen LogP contribution is 2.52. The third kappa shape index (κ3) is 2.59. The first-order valence-corrected chi connectivity index (χ1v) is 8.26. The molecule has 1 amide bonds. The molecular weight excluding hydrogens is 276 g/mol. The SMILES string of the molecule is CCc1[nH]c(=O)ccc1C(=O)N1C[C@]2(C)C[C@H]1CC(C)(C)C2. The lowest BCUT2D eigenvalue weighted by Gasteiger charge is -2.39. The van der Waals surface area contributed by atoms with Crippen molar-refractivity contribution in [2.75, 3.05) is 6.54 Å². The largest absolute Gasteiger partial charge is 0.335 e. The molecule has 120 valence electrons. The van der Waals surface area contributed by atoms with Crippen molar-refractivity contribution in [3.05, 3.63) is 33.7 Å². The van der Waals surface area contributed by atoms with Gasteiger partial charge in [0.15, 0.2) is 0 Å². The minimum Gasteiger partial charge on any atom is -0.335 e. The average Bonchev–Trinajstić information content (AvgIpc) is 2.67. The molecule has 2 heterocycles. The summed E-state index contributed by atoms with van der Waals surface area (Å²) in [5.74, 6) is 0.0829. The Morgan fingerprint density at radius 1 is 1.32 bits per heavy atom. The van der Waals surface area contributed by atoms with Crippen LogP contribution in [0.3, 0.4) is 0 Å². The smallest absolute Gasteiger partial charge is 0.255 e. The van der Waals surface area contributed by atoms with E-state index in [1.165, 1.54) is 12.5 Å². The summed E-state index contributed by atoms with van der Waals surface area (Å²) in [6, 6.07) is 3.48. The van der Waals surface area contributed by atoms with Crippen LogP contribution in [0, 0.1) is 10.8 Å². The van der Waals surface area contributed by atoms with Crippen molar-refractivity contribution >= 4 is 5.91 Å². The fraction of sp³-hybridized carbons (Fsp3) is 0.667. The maximum absolute atomic E-state index is 13.0. The van der Waals surface area contributed by atoms with Crippen molar-refractivity contribution in [1.82, 2.24) is 9.88 Å². The molecule has 22 heavy (non-hydrogen) atoms. The Hall–Kier alpha value is -1.58. The summed E-state index contributed by atoms with van der Waals surface area (Å²) in [4.78, 5) is 29.4. The lowest BCUT2D eigenvalue weighted by Crippen LogP contribution is -2.38. The molecule has 1 aliphatic carbocycles. The van der Waals surface area contributed by atoms with Crippen molar-refractivity contribution < 1.29 is 4.79 Å². The van der Waals surface area contributed by atoms with E-state index in [4.69, 9.17) is 0 Å². The Balaban J connectivity index is 1.93. The molecular formula is C18H26N2O2. The number of H-pyrrole nitrogens is 1. The second kappa shape index (κ2) is 4.97. The zero-order chi connectivity index (χ0) is 16.1. The van der Waals surface area contributed by atoms with Gasteiger partial charge in [0, 0.05) is 24.3 Å². The third-order valence-electron chi connectivity index (χ3n) is 5.26. The van der Waals surface area contributed by atoms with E-state index >= 15 is 0 Å². The number of aryl methyl sites for hydroxylation is 1. The van der Waals surface area contributed by atoms with Crippen LogP contribution in [0.15, 0.2) is 16.9 Å². The highest BCUT2D eigenvalue weighted by Gasteiger charge is 2.51. The van der Waals surface area contributed by atoms with Gasteiger partial charge in [0.2, 0.25) is 5.56 Å². The van der Waals surface area contributed by atoms with Gasteiger partial charge in [-0.3, -0.25) is 9.59 Å². The number of aromatic nitrogens is 1. The number of hydrogen-bond donors (Lipinski definition) is 1. The van der Waals surface area contributed by atoms with Crippen LogP contribution in [-0.2, 0) is 6.42 Å². The van der Waals surface area contributed by atoms with E-state index in [2.05, 4.69) is 30.7 Å². The molecule has 2 aliphatic rings. The highest BCUT2D eigenvalue weighted by atomic mass is 16.2. The van der Waals surface area contributed by atoms with Gasteiger partial charge in [-0.25, -0.2) is 0 Å². The van der Waals surface area contributed by atoms with Crippen molar-refractivity contribution in [3.8, 4) is 0 Å². The number of nitrogens with zero attached hydrogens (tertiary/aromatic N) is 1. The molecule has 3 rings (SSSR count). The van der Waals surface area contributed by atoms with Crippen LogP contribution in [0.2, 0.25) is 0 Å². The Kier molecular flexibility index (Phi) is 3.46. The van der Waals surface area contributed by atoms with Gasteiger partial charge in [-0.1, -0.05) is 27.7 Å². The van der Waals surface area contributed by atoms with Gasteiger partial charge < -0.3 is 9.88 Å². The van der Waals surface area contributed by atoms with Crippen LogP contribution in [-0.4, -0.2) is 28.4 Å². The lowest BCUT2D eigenvalue weighted by atomic mass is 9.65. The molecule has 1 N–H and O–H groups in total. The first-order valence-electron chi connectivity index (χ1n) is 8.26. The second-order valence-corrected chi connectivity index (χ2v) is 8.22. The van der Waals surface area contributed by atoms with E-state index in [-0.39, 0.29) is 16.9 Å². The van der Waals surface area contributed by atoms with Gasteiger partial charge in [0.05, 0.1) is 5.56 Å². The minimum atomic E-state index is -0.137. The number of nitrogens with one attached hydrogen (secondary N) is 1. The van der Waals surface area contributed by atoms with E-state index in [1.54, 1.807) is 6.07 Å². The Morgan fingerprint density at radius 2 is 2.05 bits per heavy atom. The van der Waals surface area contributed by atoms with Crippen molar-refractivity contribution in [1.29, 1.82) is 0 Å². The van der Waals surface area contributed by atoms with E-state index in [0.29, 0.717) is 23.4 Å². The number of amides is 1. The number of carbonyl (C=O) groups excluding carboxylic acids is 1. The van der Waals surface area contributed by atoms with Crippen LogP contribution in [0.4, 0.5) is 0 Å². The number of carbonyl (C=O) groups is 1. The summed E-state index contributed by atoms with van der Waals surface area (Å²) < 4.78 is 0. The Labute approximate surface area is 131 Å². The average molecular weight is 302 g/mol. The molecule has 2 atom stereocenters. The summed E-state index contributed by atoms with van der Waals surface area (Å²) in [6.45, 7) is 9.73. The number of rotatable bonds is 2. The van der Waals surface area contributed by atoms with Crippen LogP contribution < -0.4 is 5.56 Å². The summed E-state index contributed by atoms with van der Waals surface area (Å²) >= 11 is 0. The van der Waals surface area contributed by atoms with Crippen LogP contribution in [0.1, 0.15) is 63.0 Å². The standard InChI is InChI=1S/C18H26N2O2/c1-5-14-13(6-7-15(21)19-14)16(22)20-11-18(4)9-12(20)8-17(2,3)10-18/h6-7,12H,5,8-11H2,1-4H3,(H,19,21)/t12-,18-/m1/s1. The summed E-state index contributed by atoms with van der Waals surface area (Å²) in [5, 5.41) is 0. The van der Waals surface area contributed by atoms with Gasteiger partial charge in [-0.05, 0) is 42.6 Å². The normalized spacial score (nSPS) is 29.6. The van der Waals surface area contributed by atoms with Crippen LogP contribution in [0.25, 0.3) is 0 Å². The Bertz CT molecular complexity index is 661. The molecule has 0 radical (unpaired) electrons. The lowest BCUT2D eigenvalue weighted by molar-refractivity contribution is 0.0706. The van der Waals surface area contributed by atoms with Gasteiger partial charge in [0.1, 0.15) is 0 Å². The molecule has 0 aromatic carbocycles. The predicted octanol–water partition coefficient (Wildman–Crippen LogP) is 2.98. The zero-order valence-corrected chi connectivity index (χ0v) is 14.0. The van der Waals surface area contributed by atoms with E-state index < -0.39 is 0 Å². The molecule has 1 saturated carbocycles. The zero-order valence-electron chi connectivity index (χ0n) is 14.0. The van der Waals surface area contributed by atoms with Crippen LogP contribution in [0.5, 0.6) is 0 Å². The number of pyridine rings is 1. The molecule has 0 spiro atoms. The number of likely N-dealkylation sites (tertiary alicyclic amines) is 1. The Morgan fingerprint density at radius 3 is 2.73 bits per heavy atom. The fourth-order valence-corrected chi connectivity index (χ4v) is 4.85. The molecule has 1 aromatic rings. The van der Waals surface area contributed by atoms with E-state index in [9.17, 15) is 9.59 Å². The van der Waals surface area contributed by atoms with Gasteiger partial charge >= 0.3 is 0 Å². The first kappa shape index (κ1) is 15.3. The maximum atomic E-state index is 13.0. The highest BCUT2D eigenvalue weighted by molar-refractivity contribution is 5.95. The monoisotopic (exact) mass is 302 g/mol. The quantitative estimate of drug-likeness (QED) is 0.913. The van der Waals surface area contributed by atoms with Gasteiger partial charge in [-0.15, -0.1) is 0 Å². The summed E-state index contributed by atoms with van der Waals surface area (Å²) in [5.41, 5.74) is 1.81. The minimum absolute atomic E-state index is 0.0829. The number of aromatic amines is 1. The van der Waals surface area contributed by atoms with E-state index in [1.807, 2.05) is 6.92 Å². The molecule has 0 unspecified atom stereocenters.